The number of nitrogens with zero attached hydrogens (tertiary/aromatic N) is 1. The number of amides is 1. The summed E-state index contributed by atoms with van der Waals surface area (Å²) in [7, 11) is 0. The molecule has 2 aromatic rings. The first kappa shape index (κ1) is 15.4. The molecule has 0 spiro atoms. The van der Waals surface area contributed by atoms with Crippen LogP contribution in [0.3, 0.4) is 0 Å². The summed E-state index contributed by atoms with van der Waals surface area (Å²) in [6.07, 6.45) is 0.934. The van der Waals surface area contributed by atoms with E-state index >= 15 is 0 Å². The van der Waals surface area contributed by atoms with Crippen molar-refractivity contribution in [2.24, 2.45) is 0 Å². The van der Waals surface area contributed by atoms with E-state index in [-0.39, 0.29) is 11.2 Å². The number of carbonyl (C=O) groups excluding carboxylic acids is 1. The van der Waals surface area contributed by atoms with Crippen LogP contribution in [0.25, 0.3) is 0 Å². The Labute approximate surface area is 145 Å². The van der Waals surface area contributed by atoms with Gasteiger partial charge in [-0.15, -0.1) is 11.8 Å². The Kier molecular flexibility index (Phi) is 4.10. The van der Waals surface area contributed by atoms with Crippen LogP contribution in [0.15, 0.2) is 47.4 Å². The Bertz CT molecular complexity index is 777. The minimum Gasteiger partial charge on any atom is -0.486 e. The van der Waals surface area contributed by atoms with Crippen molar-refractivity contribution in [3.05, 3.63) is 48.0 Å². The second-order valence-corrected chi connectivity index (χ2v) is 7.35. The summed E-state index contributed by atoms with van der Waals surface area (Å²) in [5.74, 6) is 1.69. The summed E-state index contributed by atoms with van der Waals surface area (Å²) in [4.78, 5) is 15.8. The maximum Gasteiger partial charge on any atom is 0.240 e. The molecule has 2 heterocycles. The van der Waals surface area contributed by atoms with Gasteiger partial charge < -0.3 is 14.4 Å². The van der Waals surface area contributed by atoms with Crippen LogP contribution in [0.2, 0.25) is 0 Å². The molecule has 0 radical (unpaired) electrons. The Morgan fingerprint density at radius 3 is 2.79 bits per heavy atom. The van der Waals surface area contributed by atoms with Crippen molar-refractivity contribution in [1.29, 1.82) is 0 Å². The number of rotatable bonds is 3. The van der Waals surface area contributed by atoms with Gasteiger partial charge in [-0.05, 0) is 43.2 Å². The van der Waals surface area contributed by atoms with Gasteiger partial charge in [0.25, 0.3) is 0 Å². The first-order chi connectivity index (χ1) is 11.7. The number of ether oxygens (including phenoxy) is 2. The molecule has 0 N–H and O–H groups in total. The number of thioether (sulfide) groups is 1. The molecule has 1 amide bonds. The summed E-state index contributed by atoms with van der Waals surface area (Å²) < 4.78 is 11.2. The fourth-order valence-corrected chi connectivity index (χ4v) is 4.10. The third-order valence-corrected chi connectivity index (χ3v) is 5.41. The van der Waals surface area contributed by atoms with Gasteiger partial charge in [-0.25, -0.2) is 0 Å². The smallest absolute Gasteiger partial charge is 0.240 e. The van der Waals surface area contributed by atoms with Crippen LogP contribution in [0, 0.1) is 0 Å². The SMILES string of the molecule is C[C@H](Sc1ccc2c(c1)OCCO2)C(=O)N1CCc2ccccc21. The highest BCUT2D eigenvalue weighted by Gasteiger charge is 2.28. The predicted octanol–water partition coefficient (Wildman–Crippen LogP) is 3.53. The van der Waals surface area contributed by atoms with E-state index in [0.717, 1.165) is 35.0 Å². The molecule has 0 saturated heterocycles. The quantitative estimate of drug-likeness (QED) is 0.801. The van der Waals surface area contributed by atoms with Gasteiger partial charge in [-0.3, -0.25) is 4.79 Å². The van der Waals surface area contributed by atoms with Gasteiger partial charge in [0.1, 0.15) is 13.2 Å². The average molecular weight is 341 g/mol. The zero-order valence-corrected chi connectivity index (χ0v) is 14.3. The van der Waals surface area contributed by atoms with Crippen molar-refractivity contribution >= 4 is 23.4 Å². The predicted molar refractivity (Wildman–Crippen MR) is 95.3 cm³/mol. The molecule has 0 saturated carbocycles. The monoisotopic (exact) mass is 341 g/mol. The maximum atomic E-state index is 12.9. The molecular formula is C19H19NO3S. The van der Waals surface area contributed by atoms with Crippen LogP contribution in [-0.4, -0.2) is 30.9 Å². The summed E-state index contributed by atoms with van der Waals surface area (Å²) >= 11 is 1.56. The summed E-state index contributed by atoms with van der Waals surface area (Å²) in [5, 5.41) is -0.154. The van der Waals surface area contributed by atoms with Crippen LogP contribution >= 0.6 is 11.8 Å². The van der Waals surface area contributed by atoms with Gasteiger partial charge in [0.2, 0.25) is 5.91 Å². The fourth-order valence-electron chi connectivity index (χ4n) is 3.14. The molecule has 0 fully saturated rings. The highest BCUT2D eigenvalue weighted by molar-refractivity contribution is 8.00. The topological polar surface area (TPSA) is 38.8 Å². The lowest BCUT2D eigenvalue weighted by molar-refractivity contribution is -0.117. The molecule has 4 nitrogen and oxygen atoms in total. The van der Waals surface area contributed by atoms with Crippen LogP contribution in [0.1, 0.15) is 12.5 Å². The molecule has 2 aromatic carbocycles. The van der Waals surface area contributed by atoms with Crippen molar-refractivity contribution in [1.82, 2.24) is 0 Å². The number of para-hydroxylation sites is 1. The highest BCUT2D eigenvalue weighted by Crippen LogP contribution is 2.36. The Morgan fingerprint density at radius 1 is 1.12 bits per heavy atom. The molecule has 5 heteroatoms. The average Bonchev–Trinajstić information content (AvgIpc) is 3.05. The Hall–Kier alpha value is -2.14. The lowest BCUT2D eigenvalue weighted by Gasteiger charge is -2.22. The molecule has 2 aliphatic heterocycles. The molecule has 0 aliphatic carbocycles. The van der Waals surface area contributed by atoms with Crippen molar-refractivity contribution in [2.75, 3.05) is 24.7 Å². The third-order valence-electron chi connectivity index (χ3n) is 4.33. The second-order valence-electron chi connectivity index (χ2n) is 5.93. The minimum absolute atomic E-state index is 0.153. The van der Waals surface area contributed by atoms with Crippen LogP contribution in [0.4, 0.5) is 5.69 Å². The molecule has 1 atom stereocenters. The number of hydrogen-bond donors (Lipinski definition) is 0. The second kappa shape index (κ2) is 6.40. The number of fused-ring (bicyclic) bond motifs is 2. The number of anilines is 1. The number of benzene rings is 2. The fraction of sp³-hybridized carbons (Fsp3) is 0.316. The van der Waals surface area contributed by atoms with Gasteiger partial charge in [-0.2, -0.15) is 0 Å². The summed E-state index contributed by atoms with van der Waals surface area (Å²) in [6.45, 7) is 3.89. The van der Waals surface area contributed by atoms with Crippen LogP contribution < -0.4 is 14.4 Å². The van der Waals surface area contributed by atoms with E-state index in [9.17, 15) is 4.79 Å². The van der Waals surface area contributed by atoms with E-state index in [0.29, 0.717) is 13.2 Å². The molecular weight excluding hydrogens is 322 g/mol. The molecule has 24 heavy (non-hydrogen) atoms. The van der Waals surface area contributed by atoms with Gasteiger partial charge in [0, 0.05) is 17.1 Å². The van der Waals surface area contributed by atoms with Crippen LogP contribution in [-0.2, 0) is 11.2 Å². The van der Waals surface area contributed by atoms with E-state index in [2.05, 4.69) is 6.07 Å². The van der Waals surface area contributed by atoms with E-state index in [4.69, 9.17) is 9.47 Å². The van der Waals surface area contributed by atoms with Crippen molar-refractivity contribution in [3.63, 3.8) is 0 Å². The third kappa shape index (κ3) is 2.84. The van der Waals surface area contributed by atoms with E-state index in [1.165, 1.54) is 5.56 Å². The molecule has 0 unspecified atom stereocenters. The van der Waals surface area contributed by atoms with Gasteiger partial charge in [0.15, 0.2) is 11.5 Å². The largest absolute Gasteiger partial charge is 0.486 e. The van der Waals surface area contributed by atoms with E-state index in [1.54, 1.807) is 11.8 Å². The van der Waals surface area contributed by atoms with Crippen molar-refractivity contribution < 1.29 is 14.3 Å². The maximum absolute atomic E-state index is 12.9. The normalized spacial score (nSPS) is 16.6. The van der Waals surface area contributed by atoms with E-state index < -0.39 is 0 Å². The molecule has 124 valence electrons. The van der Waals surface area contributed by atoms with Crippen LogP contribution in [0.5, 0.6) is 11.5 Å². The highest BCUT2D eigenvalue weighted by atomic mass is 32.2. The standard InChI is InChI=1S/C19H19NO3S/c1-13(19(21)20-9-8-14-4-2-3-5-16(14)20)24-15-6-7-17-18(12-15)23-11-10-22-17/h2-7,12-13H,8-11H2,1H3/t13-/m0/s1. The van der Waals surface area contributed by atoms with Gasteiger partial charge in [-0.1, -0.05) is 18.2 Å². The first-order valence-electron chi connectivity index (χ1n) is 8.18. The van der Waals surface area contributed by atoms with Gasteiger partial charge >= 0.3 is 0 Å². The lowest BCUT2D eigenvalue weighted by atomic mass is 10.2. The lowest BCUT2D eigenvalue weighted by Crippen LogP contribution is -2.35. The van der Waals surface area contributed by atoms with E-state index in [1.807, 2.05) is 48.2 Å². The number of hydrogen-bond acceptors (Lipinski definition) is 4. The molecule has 0 aromatic heterocycles. The molecule has 0 bridgehead atoms. The minimum atomic E-state index is -0.154. The van der Waals surface area contributed by atoms with Gasteiger partial charge in [0.05, 0.1) is 5.25 Å². The molecule has 2 aliphatic rings. The summed E-state index contributed by atoms with van der Waals surface area (Å²) in [5.41, 5.74) is 2.31. The first-order valence-corrected chi connectivity index (χ1v) is 9.06. The molecule has 4 rings (SSSR count). The van der Waals surface area contributed by atoms with Crippen molar-refractivity contribution in [3.8, 4) is 11.5 Å². The zero-order valence-electron chi connectivity index (χ0n) is 13.5. The summed E-state index contributed by atoms with van der Waals surface area (Å²) in [6, 6.07) is 14.0. The Morgan fingerprint density at radius 2 is 1.92 bits per heavy atom. The number of carbonyl (C=O) groups is 1. The Balaban J connectivity index is 1.48. The van der Waals surface area contributed by atoms with Crippen molar-refractivity contribution in [2.45, 2.75) is 23.5 Å². The zero-order chi connectivity index (χ0) is 16.5.